The summed E-state index contributed by atoms with van der Waals surface area (Å²) in [7, 11) is 6.29. The number of anilines is 1. The standard InChI is InChI=1S/C17H25FN4/c1-20(2)5-4-13-12-19-15-10-14(18)11-16(17(13)15)22-8-6-21(3)7-9-22/h10-12,19H,4-9H2,1-3H3. The zero-order valence-electron chi connectivity index (χ0n) is 13.7. The topological polar surface area (TPSA) is 25.5 Å². The third-order valence-corrected chi connectivity index (χ3v) is 4.48. The van der Waals surface area contributed by atoms with Gasteiger partial charge in [0.2, 0.25) is 0 Å². The van der Waals surface area contributed by atoms with Crippen LogP contribution in [0.15, 0.2) is 18.3 Å². The van der Waals surface area contributed by atoms with Crippen LogP contribution in [0.4, 0.5) is 10.1 Å². The third kappa shape index (κ3) is 3.10. The van der Waals surface area contributed by atoms with Gasteiger partial charge in [-0.2, -0.15) is 0 Å². The molecule has 3 rings (SSSR count). The highest BCUT2D eigenvalue weighted by atomic mass is 19.1. The van der Waals surface area contributed by atoms with Crippen molar-refractivity contribution >= 4 is 16.6 Å². The summed E-state index contributed by atoms with van der Waals surface area (Å²) in [6.45, 7) is 4.94. The van der Waals surface area contributed by atoms with Crippen molar-refractivity contribution in [3.05, 3.63) is 29.7 Å². The summed E-state index contributed by atoms with van der Waals surface area (Å²) in [5.74, 6) is -0.164. The molecule has 0 atom stereocenters. The number of nitrogens with zero attached hydrogens (tertiary/aromatic N) is 3. The molecule has 2 aromatic rings. The average molecular weight is 304 g/mol. The number of fused-ring (bicyclic) bond motifs is 1. The van der Waals surface area contributed by atoms with Crippen LogP contribution >= 0.6 is 0 Å². The van der Waals surface area contributed by atoms with Gasteiger partial charge in [-0.1, -0.05) is 0 Å². The van der Waals surface area contributed by atoms with Crippen LogP contribution in [0.1, 0.15) is 5.56 Å². The first-order chi connectivity index (χ1) is 10.5. The largest absolute Gasteiger partial charge is 0.368 e. The fraction of sp³-hybridized carbons (Fsp3) is 0.529. The molecule has 4 nitrogen and oxygen atoms in total. The van der Waals surface area contributed by atoms with Crippen molar-refractivity contribution in [2.75, 3.05) is 58.8 Å². The average Bonchev–Trinajstić information content (AvgIpc) is 2.88. The minimum absolute atomic E-state index is 0.164. The van der Waals surface area contributed by atoms with Gasteiger partial charge in [0.25, 0.3) is 0 Å². The van der Waals surface area contributed by atoms with Crippen LogP contribution < -0.4 is 4.90 Å². The second-order valence-corrected chi connectivity index (χ2v) is 6.50. The van der Waals surface area contributed by atoms with Crippen molar-refractivity contribution in [3.8, 4) is 0 Å². The maximum absolute atomic E-state index is 14.0. The van der Waals surface area contributed by atoms with Crippen LogP contribution in [0.2, 0.25) is 0 Å². The van der Waals surface area contributed by atoms with Gasteiger partial charge in [0.05, 0.1) is 5.52 Å². The number of halogens is 1. The number of benzene rings is 1. The molecule has 1 aliphatic heterocycles. The summed E-state index contributed by atoms with van der Waals surface area (Å²) in [6.07, 6.45) is 3.01. The maximum Gasteiger partial charge on any atom is 0.127 e. The molecule has 1 aromatic heterocycles. The molecule has 120 valence electrons. The van der Waals surface area contributed by atoms with Gasteiger partial charge in [-0.15, -0.1) is 0 Å². The lowest BCUT2D eigenvalue weighted by Crippen LogP contribution is -2.44. The van der Waals surface area contributed by atoms with Gasteiger partial charge in [0, 0.05) is 50.0 Å². The summed E-state index contributed by atoms with van der Waals surface area (Å²) >= 11 is 0. The predicted molar refractivity (Wildman–Crippen MR) is 90.2 cm³/mol. The van der Waals surface area contributed by atoms with Crippen molar-refractivity contribution < 1.29 is 4.39 Å². The Morgan fingerprint density at radius 3 is 2.59 bits per heavy atom. The zero-order valence-corrected chi connectivity index (χ0v) is 13.7. The number of nitrogens with one attached hydrogen (secondary N) is 1. The van der Waals surface area contributed by atoms with E-state index in [0.29, 0.717) is 0 Å². The van der Waals surface area contributed by atoms with Crippen molar-refractivity contribution in [3.63, 3.8) is 0 Å². The molecule has 1 fully saturated rings. The lowest BCUT2D eigenvalue weighted by molar-refractivity contribution is 0.313. The highest BCUT2D eigenvalue weighted by Crippen LogP contribution is 2.32. The molecule has 1 aliphatic rings. The molecule has 22 heavy (non-hydrogen) atoms. The van der Waals surface area contributed by atoms with Gasteiger partial charge >= 0.3 is 0 Å². The Balaban J connectivity index is 1.98. The van der Waals surface area contributed by atoms with E-state index in [2.05, 4.69) is 40.8 Å². The molecular weight excluding hydrogens is 279 g/mol. The second kappa shape index (κ2) is 6.26. The Morgan fingerprint density at radius 1 is 1.18 bits per heavy atom. The molecule has 0 amide bonds. The summed E-state index contributed by atoms with van der Waals surface area (Å²) < 4.78 is 14.0. The molecule has 0 unspecified atom stereocenters. The number of rotatable bonds is 4. The molecule has 0 spiro atoms. The van der Waals surface area contributed by atoms with Gasteiger partial charge in [-0.05, 0) is 45.3 Å². The van der Waals surface area contributed by atoms with E-state index in [1.807, 2.05) is 6.20 Å². The number of likely N-dealkylation sites (N-methyl/N-ethyl adjacent to an activating group) is 2. The van der Waals surface area contributed by atoms with E-state index in [1.54, 1.807) is 12.1 Å². The van der Waals surface area contributed by atoms with Crippen molar-refractivity contribution in [2.45, 2.75) is 6.42 Å². The minimum atomic E-state index is -0.164. The smallest absolute Gasteiger partial charge is 0.127 e. The molecule has 5 heteroatoms. The summed E-state index contributed by atoms with van der Waals surface area (Å²) in [5, 5.41) is 1.19. The Hall–Kier alpha value is -1.59. The monoisotopic (exact) mass is 304 g/mol. The molecule has 0 radical (unpaired) electrons. The van der Waals surface area contributed by atoms with Crippen molar-refractivity contribution in [1.29, 1.82) is 0 Å². The fourth-order valence-corrected chi connectivity index (χ4v) is 3.12. The maximum atomic E-state index is 14.0. The van der Waals surface area contributed by atoms with E-state index < -0.39 is 0 Å². The zero-order chi connectivity index (χ0) is 15.7. The first-order valence-electron chi connectivity index (χ1n) is 7.92. The third-order valence-electron chi connectivity index (χ3n) is 4.48. The van der Waals surface area contributed by atoms with E-state index in [4.69, 9.17) is 0 Å². The van der Waals surface area contributed by atoms with E-state index in [0.717, 1.165) is 50.3 Å². The number of aromatic amines is 1. The van der Waals surface area contributed by atoms with Gasteiger partial charge in [0.1, 0.15) is 5.82 Å². The molecular formula is C17H25FN4. The quantitative estimate of drug-likeness (QED) is 0.937. The normalized spacial score (nSPS) is 16.9. The Kier molecular flexibility index (Phi) is 4.36. The highest BCUT2D eigenvalue weighted by molar-refractivity contribution is 5.95. The first-order valence-corrected chi connectivity index (χ1v) is 7.92. The van der Waals surface area contributed by atoms with Crippen LogP contribution in [0.5, 0.6) is 0 Å². The SMILES string of the molecule is CN(C)CCc1c[nH]c2cc(F)cc(N3CCN(C)CC3)c12. The second-order valence-electron chi connectivity index (χ2n) is 6.50. The van der Waals surface area contributed by atoms with Gasteiger partial charge in [0.15, 0.2) is 0 Å². The van der Waals surface area contributed by atoms with E-state index in [-0.39, 0.29) is 5.82 Å². The summed E-state index contributed by atoms with van der Waals surface area (Å²) in [5.41, 5.74) is 3.22. The molecule has 2 heterocycles. The van der Waals surface area contributed by atoms with Crippen LogP contribution in [0, 0.1) is 5.82 Å². The lowest BCUT2D eigenvalue weighted by atomic mass is 10.1. The lowest BCUT2D eigenvalue weighted by Gasteiger charge is -2.34. The molecule has 1 aromatic carbocycles. The highest BCUT2D eigenvalue weighted by Gasteiger charge is 2.19. The summed E-state index contributed by atoms with van der Waals surface area (Å²) in [6, 6.07) is 3.30. The molecule has 0 bridgehead atoms. The van der Waals surface area contributed by atoms with Crippen LogP contribution in [0.3, 0.4) is 0 Å². The van der Waals surface area contributed by atoms with Crippen molar-refractivity contribution in [2.24, 2.45) is 0 Å². The number of aromatic nitrogens is 1. The molecule has 1 N–H and O–H groups in total. The summed E-state index contributed by atoms with van der Waals surface area (Å²) in [4.78, 5) is 10.1. The van der Waals surface area contributed by atoms with Gasteiger partial charge in [-0.3, -0.25) is 0 Å². The van der Waals surface area contributed by atoms with E-state index >= 15 is 0 Å². The van der Waals surface area contributed by atoms with Crippen LogP contribution in [-0.4, -0.2) is 68.7 Å². The molecule has 0 aliphatic carbocycles. The van der Waals surface area contributed by atoms with E-state index in [1.165, 1.54) is 10.9 Å². The van der Waals surface area contributed by atoms with E-state index in [9.17, 15) is 4.39 Å². The van der Waals surface area contributed by atoms with Crippen molar-refractivity contribution in [1.82, 2.24) is 14.8 Å². The minimum Gasteiger partial charge on any atom is -0.368 e. The number of H-pyrrole nitrogens is 1. The number of hydrogen-bond donors (Lipinski definition) is 1. The fourth-order valence-electron chi connectivity index (χ4n) is 3.12. The van der Waals surface area contributed by atoms with Crippen LogP contribution in [-0.2, 0) is 6.42 Å². The number of piperazine rings is 1. The Bertz CT molecular complexity index is 641. The van der Waals surface area contributed by atoms with Crippen LogP contribution in [0.25, 0.3) is 10.9 Å². The Morgan fingerprint density at radius 2 is 1.91 bits per heavy atom. The Labute approximate surface area is 131 Å². The molecule has 1 saturated heterocycles. The molecule has 0 saturated carbocycles. The number of hydrogen-bond acceptors (Lipinski definition) is 3. The van der Waals surface area contributed by atoms with Gasteiger partial charge in [-0.25, -0.2) is 4.39 Å². The predicted octanol–water partition coefficient (Wildman–Crippen LogP) is 2.16. The first kappa shape index (κ1) is 15.3. The van der Waals surface area contributed by atoms with Gasteiger partial charge < -0.3 is 19.7 Å².